The number of fused-ring (bicyclic) bond motifs is 2. The maximum atomic E-state index is 2.86. The van der Waals surface area contributed by atoms with Crippen molar-refractivity contribution in [3.8, 4) is 0 Å². The molecule has 4 atom stereocenters. The minimum Gasteiger partial charge on any atom is -0.372 e. The van der Waals surface area contributed by atoms with Crippen molar-refractivity contribution in [3.63, 3.8) is 0 Å². The van der Waals surface area contributed by atoms with Crippen molar-refractivity contribution in [1.82, 2.24) is 4.90 Å². The Bertz CT molecular complexity index is 1130. The molecule has 2 aliphatic heterocycles. The molecule has 43 heavy (non-hydrogen) atoms. The summed E-state index contributed by atoms with van der Waals surface area (Å²) in [5, 5.41) is 0.808. The van der Waals surface area contributed by atoms with Crippen LogP contribution in [0.2, 0.25) is 0 Å². The predicted octanol–water partition coefficient (Wildman–Crippen LogP) is 11.0. The molecule has 2 heterocycles. The van der Waals surface area contributed by atoms with Gasteiger partial charge in [0, 0.05) is 53.3 Å². The molecule has 3 saturated carbocycles. The van der Waals surface area contributed by atoms with Crippen molar-refractivity contribution in [2.75, 3.05) is 13.1 Å². The van der Waals surface area contributed by atoms with Gasteiger partial charge in [-0.15, -0.1) is 11.8 Å². The van der Waals surface area contributed by atoms with Crippen LogP contribution in [0.25, 0.3) is 0 Å². The number of nitrogens with zero attached hydrogens (tertiary/aromatic N) is 2. The topological polar surface area (TPSA) is 6.25 Å². The van der Waals surface area contributed by atoms with Crippen LogP contribution in [0.1, 0.15) is 150 Å². The van der Waals surface area contributed by atoms with E-state index in [0.29, 0.717) is 0 Å². The molecule has 0 spiro atoms. The lowest BCUT2D eigenvalue weighted by Crippen LogP contribution is -2.35. The lowest BCUT2D eigenvalue weighted by atomic mass is 9.69. The molecule has 6 rings (SSSR count). The summed E-state index contributed by atoms with van der Waals surface area (Å²) in [6.07, 6.45) is 36.6. The SMILES string of the molecule is CCCN1/C(=C/C=C2\CCCC(/C=C/C3=[N+](CCC)C4CCCCC4C3(C)C)=C2SC2CCCCC2)CC2CCCCC21. The van der Waals surface area contributed by atoms with E-state index in [1.807, 2.05) is 0 Å². The first-order chi connectivity index (χ1) is 21.0. The van der Waals surface area contributed by atoms with E-state index in [9.17, 15) is 0 Å². The molecular formula is C40H63N2S+. The summed E-state index contributed by atoms with van der Waals surface area (Å²) in [5.41, 5.74) is 6.87. The smallest absolute Gasteiger partial charge is 0.182 e. The summed E-state index contributed by atoms with van der Waals surface area (Å²) in [7, 11) is 0. The molecule has 0 bridgehead atoms. The van der Waals surface area contributed by atoms with Crippen LogP contribution in [0.15, 0.2) is 46.1 Å². The lowest BCUT2D eigenvalue weighted by molar-refractivity contribution is -0.566. The zero-order valence-corrected chi connectivity index (χ0v) is 29.2. The van der Waals surface area contributed by atoms with Crippen molar-refractivity contribution in [1.29, 1.82) is 0 Å². The van der Waals surface area contributed by atoms with E-state index in [-0.39, 0.29) is 5.41 Å². The van der Waals surface area contributed by atoms with Gasteiger partial charge >= 0.3 is 0 Å². The van der Waals surface area contributed by atoms with Gasteiger partial charge in [-0.05, 0) is 108 Å². The van der Waals surface area contributed by atoms with E-state index in [1.54, 1.807) is 27.5 Å². The van der Waals surface area contributed by atoms with E-state index in [2.05, 4.69) is 73.2 Å². The Balaban J connectivity index is 1.33. The van der Waals surface area contributed by atoms with Gasteiger partial charge in [-0.3, -0.25) is 0 Å². The maximum absolute atomic E-state index is 2.86. The van der Waals surface area contributed by atoms with Gasteiger partial charge in [0.25, 0.3) is 0 Å². The first-order valence-corrected chi connectivity index (χ1v) is 19.8. The highest BCUT2D eigenvalue weighted by molar-refractivity contribution is 8.03. The number of allylic oxidation sites excluding steroid dienone is 7. The van der Waals surface area contributed by atoms with E-state index in [4.69, 9.17) is 0 Å². The van der Waals surface area contributed by atoms with Crippen molar-refractivity contribution in [3.05, 3.63) is 46.1 Å². The average molecular weight is 604 g/mol. The third kappa shape index (κ3) is 6.83. The maximum Gasteiger partial charge on any atom is 0.182 e. The molecule has 2 nitrogen and oxygen atoms in total. The number of hydrogen-bond acceptors (Lipinski definition) is 2. The van der Waals surface area contributed by atoms with Crippen molar-refractivity contribution < 1.29 is 4.58 Å². The lowest BCUT2D eigenvalue weighted by Gasteiger charge is -2.33. The van der Waals surface area contributed by atoms with Crippen LogP contribution < -0.4 is 0 Å². The van der Waals surface area contributed by atoms with Crippen molar-refractivity contribution in [2.24, 2.45) is 17.3 Å². The molecule has 0 aromatic carbocycles. The fourth-order valence-corrected chi connectivity index (χ4v) is 11.7. The van der Waals surface area contributed by atoms with Crippen LogP contribution >= 0.6 is 11.8 Å². The molecule has 0 radical (unpaired) electrons. The number of rotatable bonds is 9. The summed E-state index contributed by atoms with van der Waals surface area (Å²) >= 11 is 2.28. The summed E-state index contributed by atoms with van der Waals surface area (Å²) in [6, 6.07) is 1.58. The van der Waals surface area contributed by atoms with Gasteiger partial charge in [0.15, 0.2) is 11.8 Å². The molecule has 4 aliphatic carbocycles. The van der Waals surface area contributed by atoms with Crippen LogP contribution in [-0.2, 0) is 0 Å². The van der Waals surface area contributed by atoms with Crippen molar-refractivity contribution in [2.45, 2.75) is 167 Å². The third-order valence-corrected chi connectivity index (χ3v) is 13.9. The second-order valence-electron chi connectivity index (χ2n) is 15.5. The Hall–Kier alpha value is -1.22. The predicted molar refractivity (Wildman–Crippen MR) is 188 cm³/mol. The Kier molecular flexibility index (Phi) is 10.7. The molecule has 3 heteroatoms. The number of hydrogen-bond donors (Lipinski definition) is 0. The first-order valence-electron chi connectivity index (χ1n) is 18.9. The van der Waals surface area contributed by atoms with E-state index >= 15 is 0 Å². The van der Waals surface area contributed by atoms with Gasteiger partial charge in [-0.2, -0.15) is 0 Å². The first kappa shape index (κ1) is 31.7. The quantitative estimate of drug-likeness (QED) is 0.242. The van der Waals surface area contributed by atoms with Gasteiger partial charge in [-0.25, -0.2) is 4.58 Å². The molecule has 0 aromatic rings. The normalized spacial score (nSPS) is 33.7. The monoisotopic (exact) mass is 603 g/mol. The van der Waals surface area contributed by atoms with E-state index in [1.165, 1.54) is 135 Å². The Morgan fingerprint density at radius 3 is 2.40 bits per heavy atom. The van der Waals surface area contributed by atoms with E-state index < -0.39 is 0 Å². The molecule has 1 saturated heterocycles. The summed E-state index contributed by atoms with van der Waals surface area (Å²) in [5.74, 6) is 1.73. The van der Waals surface area contributed by atoms with Gasteiger partial charge in [-0.1, -0.05) is 64.5 Å². The fourth-order valence-electron chi connectivity index (χ4n) is 10.2. The van der Waals surface area contributed by atoms with Gasteiger partial charge in [0.1, 0.15) is 6.54 Å². The van der Waals surface area contributed by atoms with Crippen LogP contribution in [-0.4, -0.2) is 45.6 Å². The fraction of sp³-hybridized carbons (Fsp3) is 0.775. The molecule has 4 unspecified atom stereocenters. The molecule has 0 N–H and O–H groups in total. The Labute approximate surface area is 269 Å². The molecule has 0 amide bonds. The summed E-state index contributed by atoms with van der Waals surface area (Å²) < 4.78 is 2.86. The average Bonchev–Trinajstić information content (AvgIpc) is 3.48. The standard InChI is InChI=1S/C40H63N2S/c1-5-27-41-33(29-32-15-10-12-21-36(32)41)25-23-30-16-14-17-31(39(30)43-34-18-8-7-9-19-34)24-26-38-40(3,4)35-20-11-13-22-37(35)42(38)28-6-2/h23-26,32,34-37H,5-22,27-29H2,1-4H3/q+1. The number of thioether (sulfide) groups is 1. The van der Waals surface area contributed by atoms with Crippen LogP contribution in [0.4, 0.5) is 0 Å². The highest BCUT2D eigenvalue weighted by Gasteiger charge is 2.54. The molecule has 0 aromatic heterocycles. The molecular weight excluding hydrogens is 541 g/mol. The number of likely N-dealkylation sites (tertiary alicyclic amines) is 1. The molecule has 6 aliphatic rings. The second-order valence-corrected chi connectivity index (χ2v) is 16.8. The van der Waals surface area contributed by atoms with Crippen LogP contribution in [0.5, 0.6) is 0 Å². The Morgan fingerprint density at radius 2 is 1.58 bits per heavy atom. The minimum absolute atomic E-state index is 0.285. The summed E-state index contributed by atoms with van der Waals surface area (Å²) in [4.78, 5) is 4.50. The van der Waals surface area contributed by atoms with Crippen molar-refractivity contribution >= 4 is 17.5 Å². The van der Waals surface area contributed by atoms with Gasteiger partial charge < -0.3 is 4.90 Å². The molecule has 238 valence electrons. The zero-order chi connectivity index (χ0) is 29.8. The van der Waals surface area contributed by atoms with Crippen LogP contribution in [0, 0.1) is 17.3 Å². The largest absolute Gasteiger partial charge is 0.372 e. The highest BCUT2D eigenvalue weighted by Crippen LogP contribution is 2.48. The molecule has 4 fully saturated rings. The van der Waals surface area contributed by atoms with E-state index in [0.717, 1.165) is 29.2 Å². The van der Waals surface area contributed by atoms with Gasteiger partial charge in [0.05, 0.1) is 5.41 Å². The summed E-state index contributed by atoms with van der Waals surface area (Å²) in [6.45, 7) is 12.3. The zero-order valence-electron chi connectivity index (χ0n) is 28.3. The second kappa shape index (κ2) is 14.5. The minimum atomic E-state index is 0.285. The highest BCUT2D eigenvalue weighted by atomic mass is 32.2. The van der Waals surface area contributed by atoms with Crippen LogP contribution in [0.3, 0.4) is 0 Å². The Morgan fingerprint density at radius 1 is 0.814 bits per heavy atom. The van der Waals surface area contributed by atoms with Gasteiger partial charge in [0.2, 0.25) is 0 Å². The third-order valence-electron chi connectivity index (χ3n) is 12.3.